The fourth-order valence-electron chi connectivity index (χ4n) is 0. The molecule has 0 aromatic carbocycles. The normalized spacial score (nSPS) is 0. The topological polar surface area (TPSA) is 31.5 Å². The Labute approximate surface area is 112 Å². The van der Waals surface area contributed by atoms with Crippen LogP contribution in [0.25, 0.3) is 0 Å². The molecule has 0 saturated carbocycles. The monoisotopic (exact) mass is 373 g/mol. The molecule has 4 heteroatoms. The van der Waals surface area contributed by atoms with Gasteiger partial charge in [0.05, 0.1) is 0 Å². The van der Waals surface area contributed by atoms with Crippen molar-refractivity contribution in [3.8, 4) is 0 Å². The zero-order valence-corrected chi connectivity index (χ0v) is 9.92. The van der Waals surface area contributed by atoms with Crippen molar-refractivity contribution in [2.45, 2.75) is 0 Å². The summed E-state index contributed by atoms with van der Waals surface area (Å²) in [6.45, 7) is 0. The number of hydrogen-bond acceptors (Lipinski definition) is 0. The van der Waals surface area contributed by atoms with Crippen molar-refractivity contribution in [2.24, 2.45) is 0 Å². The van der Waals surface area contributed by atoms with E-state index in [4.69, 9.17) is 0 Å². The largest absolute Gasteiger partial charge is 2.00 e. The van der Waals surface area contributed by atoms with E-state index in [0.29, 0.717) is 0 Å². The van der Waals surface area contributed by atoms with Crippen LogP contribution in [0.4, 0.5) is 0 Å². The quantitative estimate of drug-likeness (QED) is 0.491. The molecule has 0 aromatic heterocycles. The molecule has 0 heterocycles. The van der Waals surface area contributed by atoms with Crippen LogP contribution in [0.2, 0.25) is 0 Å². The maximum atomic E-state index is 0. The molecular weight excluding hydrogens is 367 g/mol. The summed E-state index contributed by atoms with van der Waals surface area (Å²) in [7, 11) is 0. The standard InChI is InChI=1S/Ba.Cu.H2O.Sm.2H/h;;1H2;;;/q+2;;;;2*-1. The smallest absolute Gasteiger partial charge is 1.00 e. The fourth-order valence-corrected chi connectivity index (χ4v) is 0. The molecule has 0 spiro atoms. The molecule has 1 nitrogen and oxygen atoms in total. The van der Waals surface area contributed by atoms with Crippen molar-refractivity contribution in [2.75, 3.05) is 0 Å². The molecule has 0 unspecified atom stereocenters. The van der Waals surface area contributed by atoms with Crippen LogP contribution in [0, 0.1) is 40.4 Å². The van der Waals surface area contributed by atoms with Crippen LogP contribution >= 0.6 is 0 Å². The van der Waals surface area contributed by atoms with E-state index in [1.54, 1.807) is 0 Å². The van der Waals surface area contributed by atoms with E-state index in [2.05, 4.69) is 0 Å². The van der Waals surface area contributed by atoms with Crippen molar-refractivity contribution in [1.82, 2.24) is 0 Å². The van der Waals surface area contributed by atoms with E-state index in [0.717, 1.165) is 0 Å². The minimum absolute atomic E-state index is 0. The minimum atomic E-state index is 0. The molecule has 0 aliphatic rings. The molecule has 0 bridgehead atoms. The Morgan fingerprint density at radius 1 is 1.25 bits per heavy atom. The van der Waals surface area contributed by atoms with E-state index in [-0.39, 0.29) is 115 Å². The predicted molar refractivity (Wildman–Crippen MR) is 11.6 cm³/mol. The molecule has 2 N–H and O–H groups in total. The average Bonchev–Trinajstić information content (AvgIpc) is 0. The second kappa shape index (κ2) is 16.2. The molecular formula is H4BaCuOSm. The van der Waals surface area contributed by atoms with Crippen LogP contribution in [0.15, 0.2) is 0 Å². The van der Waals surface area contributed by atoms with Gasteiger partial charge in [-0.1, -0.05) is 0 Å². The molecule has 0 aromatic rings. The summed E-state index contributed by atoms with van der Waals surface area (Å²) < 4.78 is 0. The molecule has 0 saturated heterocycles. The van der Waals surface area contributed by atoms with Crippen LogP contribution < -0.4 is 0 Å². The zero-order valence-electron chi connectivity index (χ0n) is 3.92. The van der Waals surface area contributed by atoms with Gasteiger partial charge in [-0.2, -0.15) is 0 Å². The minimum Gasteiger partial charge on any atom is -1.00 e. The van der Waals surface area contributed by atoms with Gasteiger partial charge < -0.3 is 8.33 Å². The first-order valence-corrected chi connectivity index (χ1v) is 0. The van der Waals surface area contributed by atoms with Gasteiger partial charge in [0.2, 0.25) is 0 Å². The number of rotatable bonds is 0. The third-order valence-corrected chi connectivity index (χ3v) is 0. The van der Waals surface area contributed by atoms with Crippen LogP contribution in [-0.2, 0) is 17.1 Å². The van der Waals surface area contributed by atoms with Crippen LogP contribution in [-0.4, -0.2) is 54.4 Å². The molecule has 0 aliphatic carbocycles. The maximum absolute atomic E-state index is 0. The summed E-state index contributed by atoms with van der Waals surface area (Å²) >= 11 is 0. The molecule has 1 radical (unpaired) electrons. The van der Waals surface area contributed by atoms with Crippen molar-refractivity contribution in [1.29, 1.82) is 0 Å². The molecule has 29 valence electrons. The molecule has 0 atom stereocenters. The van der Waals surface area contributed by atoms with Gasteiger partial charge >= 0.3 is 48.9 Å². The first-order chi connectivity index (χ1) is 0. The molecule has 0 rings (SSSR count). The SMILES string of the molecule is O.[Ba+2].[Cu].[H-].[H-].[Sm]. The first kappa shape index (κ1) is 26.3. The van der Waals surface area contributed by atoms with Crippen LogP contribution in [0.5, 0.6) is 0 Å². The summed E-state index contributed by atoms with van der Waals surface area (Å²) in [6, 6.07) is 0. The zero-order chi connectivity index (χ0) is 0. The second-order valence-electron chi connectivity index (χ2n) is 0. The molecule has 0 aliphatic heterocycles. The van der Waals surface area contributed by atoms with Gasteiger partial charge in [0.1, 0.15) is 0 Å². The summed E-state index contributed by atoms with van der Waals surface area (Å²) in [4.78, 5) is 0. The Morgan fingerprint density at radius 3 is 1.25 bits per heavy atom. The molecule has 0 amide bonds. The molecule has 4 heavy (non-hydrogen) atoms. The Balaban J connectivity index is 0. The third-order valence-electron chi connectivity index (χ3n) is 0. The van der Waals surface area contributed by atoms with Crippen molar-refractivity contribution < 1.29 is 65.8 Å². The average molecular weight is 371 g/mol. The van der Waals surface area contributed by atoms with E-state index in [9.17, 15) is 0 Å². The van der Waals surface area contributed by atoms with Crippen molar-refractivity contribution in [3.05, 3.63) is 0 Å². The predicted octanol–water partition coefficient (Wildman–Crippen LogP) is -0.983. The maximum Gasteiger partial charge on any atom is 2.00 e. The van der Waals surface area contributed by atoms with Gasteiger partial charge in [-0.15, -0.1) is 0 Å². The van der Waals surface area contributed by atoms with Gasteiger partial charge in [0.25, 0.3) is 0 Å². The number of hydrogen-bond donors (Lipinski definition) is 0. The fraction of sp³-hybridized carbons (Fsp3) is 0. The van der Waals surface area contributed by atoms with E-state index in [1.807, 2.05) is 0 Å². The van der Waals surface area contributed by atoms with E-state index in [1.165, 1.54) is 0 Å². The summed E-state index contributed by atoms with van der Waals surface area (Å²) in [5.41, 5.74) is 0. The Hall–Kier alpha value is 3.39. The van der Waals surface area contributed by atoms with Gasteiger partial charge in [-0.05, 0) is 0 Å². The van der Waals surface area contributed by atoms with Crippen molar-refractivity contribution >= 4 is 48.9 Å². The van der Waals surface area contributed by atoms with Gasteiger partial charge in [0.15, 0.2) is 0 Å². The summed E-state index contributed by atoms with van der Waals surface area (Å²) in [5, 5.41) is 0. The Bertz CT molecular complexity index is 13.5. The van der Waals surface area contributed by atoms with E-state index >= 15 is 0 Å². The molecule has 0 fully saturated rings. The Kier molecular flexibility index (Phi) is 106. The van der Waals surface area contributed by atoms with Crippen molar-refractivity contribution in [3.63, 3.8) is 0 Å². The van der Waals surface area contributed by atoms with E-state index < -0.39 is 0 Å². The summed E-state index contributed by atoms with van der Waals surface area (Å²) in [5.74, 6) is 0. The Morgan fingerprint density at radius 2 is 1.25 bits per heavy atom. The van der Waals surface area contributed by atoms with Gasteiger partial charge in [-0.25, -0.2) is 0 Å². The second-order valence-corrected chi connectivity index (χ2v) is 0. The van der Waals surface area contributed by atoms with Crippen LogP contribution in [0.3, 0.4) is 0 Å². The summed E-state index contributed by atoms with van der Waals surface area (Å²) in [6.07, 6.45) is 0. The van der Waals surface area contributed by atoms with Crippen LogP contribution in [0.1, 0.15) is 2.85 Å². The third kappa shape index (κ3) is 9.04. The van der Waals surface area contributed by atoms with Gasteiger partial charge in [0, 0.05) is 57.5 Å². The first-order valence-electron chi connectivity index (χ1n) is 0. The van der Waals surface area contributed by atoms with Gasteiger partial charge in [-0.3, -0.25) is 0 Å².